The number of benzene rings is 1. The van der Waals surface area contributed by atoms with Gasteiger partial charge in [-0.3, -0.25) is 4.79 Å². The Morgan fingerprint density at radius 3 is 2.76 bits per heavy atom. The van der Waals surface area contributed by atoms with E-state index in [0.29, 0.717) is 6.42 Å². The molecule has 3 N–H and O–H groups in total. The first kappa shape index (κ1) is 12.1. The van der Waals surface area contributed by atoms with Gasteiger partial charge in [-0.15, -0.1) is 0 Å². The van der Waals surface area contributed by atoms with E-state index in [4.69, 9.17) is 5.73 Å². The van der Waals surface area contributed by atoms with E-state index in [1.165, 1.54) is 11.1 Å². The molecule has 0 aromatic heterocycles. The van der Waals surface area contributed by atoms with Gasteiger partial charge >= 0.3 is 0 Å². The van der Waals surface area contributed by atoms with Gasteiger partial charge in [0.2, 0.25) is 5.91 Å². The van der Waals surface area contributed by atoms with Gasteiger partial charge in [0, 0.05) is 19.0 Å². The Hall–Kier alpha value is -1.35. The fraction of sp³-hybridized carbons (Fsp3) is 0.500. The Balaban J connectivity index is 1.94. The summed E-state index contributed by atoms with van der Waals surface area (Å²) in [7, 11) is 1.67. The van der Waals surface area contributed by atoms with Crippen LogP contribution >= 0.6 is 0 Å². The summed E-state index contributed by atoms with van der Waals surface area (Å²) in [6.45, 7) is 0. The van der Waals surface area contributed by atoms with Gasteiger partial charge in [-0.2, -0.15) is 0 Å². The van der Waals surface area contributed by atoms with Crippen LogP contribution in [0.5, 0.6) is 0 Å². The summed E-state index contributed by atoms with van der Waals surface area (Å²) in [4.78, 5) is 11.2. The van der Waals surface area contributed by atoms with Crippen LogP contribution in [0.2, 0.25) is 0 Å². The maximum absolute atomic E-state index is 11.2. The molecule has 3 heteroatoms. The van der Waals surface area contributed by atoms with E-state index < -0.39 is 0 Å². The van der Waals surface area contributed by atoms with Crippen molar-refractivity contribution >= 4 is 5.91 Å². The molecule has 1 amide bonds. The van der Waals surface area contributed by atoms with Crippen molar-refractivity contribution < 1.29 is 4.79 Å². The molecule has 0 radical (unpaired) electrons. The number of nitrogens with two attached hydrogens (primary N) is 1. The summed E-state index contributed by atoms with van der Waals surface area (Å²) in [5, 5.41) is 2.64. The average Bonchev–Trinajstić information content (AvgIpc) is 3.04. The summed E-state index contributed by atoms with van der Waals surface area (Å²) in [5.41, 5.74) is 8.67. The largest absolute Gasteiger partial charge is 0.359 e. The normalized spacial score (nSPS) is 16.6. The van der Waals surface area contributed by atoms with Gasteiger partial charge in [-0.05, 0) is 36.8 Å². The summed E-state index contributed by atoms with van der Waals surface area (Å²) < 4.78 is 0. The maximum atomic E-state index is 11.2. The van der Waals surface area contributed by atoms with Crippen molar-refractivity contribution in [3.63, 3.8) is 0 Å². The smallest absolute Gasteiger partial charge is 0.220 e. The molecule has 3 nitrogen and oxygen atoms in total. The molecule has 1 fully saturated rings. The highest BCUT2D eigenvalue weighted by atomic mass is 16.1. The maximum Gasteiger partial charge on any atom is 0.220 e. The fourth-order valence-electron chi connectivity index (χ4n) is 2.02. The van der Waals surface area contributed by atoms with Crippen molar-refractivity contribution in [2.75, 3.05) is 7.05 Å². The van der Waals surface area contributed by atoms with E-state index in [1.807, 2.05) is 0 Å². The number of amides is 1. The zero-order chi connectivity index (χ0) is 12.3. The molecule has 0 atom stereocenters. The van der Waals surface area contributed by atoms with Crippen LogP contribution in [0.4, 0.5) is 0 Å². The van der Waals surface area contributed by atoms with Gasteiger partial charge < -0.3 is 11.1 Å². The van der Waals surface area contributed by atoms with Crippen LogP contribution in [0.3, 0.4) is 0 Å². The molecular formula is C14H20N2O. The minimum atomic E-state index is 0.0550. The van der Waals surface area contributed by atoms with Crippen LogP contribution in [0.1, 0.15) is 30.4 Å². The molecule has 0 spiro atoms. The molecule has 1 aromatic carbocycles. The van der Waals surface area contributed by atoms with E-state index in [-0.39, 0.29) is 11.4 Å². The van der Waals surface area contributed by atoms with Crippen LogP contribution in [-0.2, 0) is 17.6 Å². The third-order valence-corrected chi connectivity index (χ3v) is 3.36. The van der Waals surface area contributed by atoms with Gasteiger partial charge in [0.1, 0.15) is 0 Å². The molecule has 0 bridgehead atoms. The average molecular weight is 232 g/mol. The highest BCUT2D eigenvalue weighted by molar-refractivity contribution is 5.75. The van der Waals surface area contributed by atoms with Gasteiger partial charge in [-0.1, -0.05) is 24.3 Å². The van der Waals surface area contributed by atoms with Crippen molar-refractivity contribution in [1.82, 2.24) is 5.32 Å². The summed E-state index contributed by atoms with van der Waals surface area (Å²) in [6, 6.07) is 8.43. The number of carbonyl (C=O) groups is 1. The summed E-state index contributed by atoms with van der Waals surface area (Å²) in [6.07, 6.45) is 4.57. The van der Waals surface area contributed by atoms with Gasteiger partial charge in [0.15, 0.2) is 0 Å². The van der Waals surface area contributed by atoms with Crippen molar-refractivity contribution in [1.29, 1.82) is 0 Å². The Labute approximate surface area is 102 Å². The van der Waals surface area contributed by atoms with Crippen molar-refractivity contribution in [2.24, 2.45) is 5.73 Å². The molecule has 2 rings (SSSR count). The SMILES string of the molecule is CNC(=O)CCc1cccc(CC2(N)CC2)c1. The van der Waals surface area contributed by atoms with Crippen LogP contribution in [-0.4, -0.2) is 18.5 Å². The van der Waals surface area contributed by atoms with E-state index >= 15 is 0 Å². The lowest BCUT2D eigenvalue weighted by Gasteiger charge is -2.09. The first-order valence-electron chi connectivity index (χ1n) is 6.19. The number of nitrogens with one attached hydrogen (secondary N) is 1. The second-order valence-electron chi connectivity index (χ2n) is 5.03. The van der Waals surface area contributed by atoms with Crippen molar-refractivity contribution in [2.45, 2.75) is 37.6 Å². The lowest BCUT2D eigenvalue weighted by atomic mass is 10.0. The molecule has 1 saturated carbocycles. The highest BCUT2D eigenvalue weighted by Crippen LogP contribution is 2.35. The molecule has 0 aliphatic heterocycles. The quantitative estimate of drug-likeness (QED) is 0.806. The summed E-state index contributed by atoms with van der Waals surface area (Å²) >= 11 is 0. The van der Waals surface area contributed by atoms with Crippen molar-refractivity contribution in [3.8, 4) is 0 Å². The predicted molar refractivity (Wildman–Crippen MR) is 68.7 cm³/mol. The van der Waals surface area contributed by atoms with Gasteiger partial charge in [0.05, 0.1) is 0 Å². The lowest BCUT2D eigenvalue weighted by molar-refractivity contribution is -0.120. The standard InChI is InChI=1S/C14H20N2O/c1-16-13(17)6-5-11-3-2-4-12(9-11)10-14(15)7-8-14/h2-4,9H,5-8,10,15H2,1H3,(H,16,17). The molecule has 1 aliphatic carbocycles. The third-order valence-electron chi connectivity index (χ3n) is 3.36. The molecule has 92 valence electrons. The highest BCUT2D eigenvalue weighted by Gasteiger charge is 2.37. The molecule has 17 heavy (non-hydrogen) atoms. The first-order chi connectivity index (χ1) is 8.11. The number of aryl methyl sites for hydroxylation is 1. The Morgan fingerprint density at radius 1 is 1.41 bits per heavy atom. The monoisotopic (exact) mass is 232 g/mol. The van der Waals surface area contributed by atoms with Crippen LogP contribution in [0.15, 0.2) is 24.3 Å². The Morgan fingerprint density at radius 2 is 2.12 bits per heavy atom. The fourth-order valence-corrected chi connectivity index (χ4v) is 2.02. The number of hydrogen-bond donors (Lipinski definition) is 2. The zero-order valence-electron chi connectivity index (χ0n) is 10.3. The number of hydrogen-bond acceptors (Lipinski definition) is 2. The number of carbonyl (C=O) groups excluding carboxylic acids is 1. The first-order valence-corrected chi connectivity index (χ1v) is 6.19. The second-order valence-corrected chi connectivity index (χ2v) is 5.03. The van der Waals surface area contributed by atoms with Crippen LogP contribution < -0.4 is 11.1 Å². The third kappa shape index (κ3) is 3.56. The van der Waals surface area contributed by atoms with Crippen LogP contribution in [0.25, 0.3) is 0 Å². The molecule has 1 aliphatic rings. The minimum absolute atomic E-state index is 0.0550. The second kappa shape index (κ2) is 4.88. The zero-order valence-corrected chi connectivity index (χ0v) is 10.3. The Bertz CT molecular complexity index is 410. The van der Waals surface area contributed by atoms with E-state index in [9.17, 15) is 4.79 Å². The number of rotatable bonds is 5. The van der Waals surface area contributed by atoms with E-state index in [2.05, 4.69) is 29.6 Å². The molecule has 0 unspecified atom stereocenters. The lowest BCUT2D eigenvalue weighted by Crippen LogP contribution is -2.24. The topological polar surface area (TPSA) is 55.1 Å². The van der Waals surface area contributed by atoms with Crippen LogP contribution in [0, 0.1) is 0 Å². The minimum Gasteiger partial charge on any atom is -0.359 e. The molecular weight excluding hydrogens is 212 g/mol. The van der Waals surface area contributed by atoms with E-state index in [1.54, 1.807) is 7.05 Å². The Kier molecular flexibility index (Phi) is 3.48. The molecule has 0 heterocycles. The molecule has 0 saturated heterocycles. The summed E-state index contributed by atoms with van der Waals surface area (Å²) in [5.74, 6) is 0.0906. The molecule has 1 aromatic rings. The van der Waals surface area contributed by atoms with Gasteiger partial charge in [0.25, 0.3) is 0 Å². The predicted octanol–water partition coefficient (Wildman–Crippen LogP) is 1.40. The van der Waals surface area contributed by atoms with Crippen molar-refractivity contribution in [3.05, 3.63) is 35.4 Å². The van der Waals surface area contributed by atoms with E-state index in [0.717, 1.165) is 25.7 Å². The van der Waals surface area contributed by atoms with Gasteiger partial charge in [-0.25, -0.2) is 0 Å².